The van der Waals surface area contributed by atoms with Crippen molar-refractivity contribution in [2.75, 3.05) is 33.2 Å². The molecule has 3 heterocycles. The van der Waals surface area contributed by atoms with Gasteiger partial charge in [-0.25, -0.2) is 0 Å². The fourth-order valence-corrected chi connectivity index (χ4v) is 2.98. The molecule has 126 valence electrons. The van der Waals surface area contributed by atoms with E-state index in [1.165, 1.54) is 0 Å². The molecule has 0 aliphatic carbocycles. The summed E-state index contributed by atoms with van der Waals surface area (Å²) in [4.78, 5) is 21.0. The molecule has 3 rings (SSSR count). The van der Waals surface area contributed by atoms with Crippen molar-refractivity contribution in [3.05, 3.63) is 29.1 Å². The second kappa shape index (κ2) is 6.09. The first-order valence-corrected chi connectivity index (χ1v) is 7.56. The fourth-order valence-electron chi connectivity index (χ4n) is 2.98. The minimum Gasteiger partial charge on any atom is -0.325 e. The quantitative estimate of drug-likeness (QED) is 0.819. The summed E-state index contributed by atoms with van der Waals surface area (Å²) in [5.74, 6) is -1.80. The van der Waals surface area contributed by atoms with Gasteiger partial charge in [-0.15, -0.1) is 0 Å². The van der Waals surface area contributed by atoms with Gasteiger partial charge in [0.2, 0.25) is 0 Å². The van der Waals surface area contributed by atoms with Crippen molar-refractivity contribution in [3.63, 3.8) is 0 Å². The number of aromatic nitrogens is 1. The minimum absolute atomic E-state index is 0.0166. The van der Waals surface area contributed by atoms with Gasteiger partial charge in [-0.2, -0.15) is 13.2 Å². The van der Waals surface area contributed by atoms with Crippen LogP contribution in [0.4, 0.5) is 13.2 Å². The van der Waals surface area contributed by atoms with Gasteiger partial charge in [-0.3, -0.25) is 14.7 Å². The second-order valence-corrected chi connectivity index (χ2v) is 6.19. The molecule has 1 saturated heterocycles. The van der Waals surface area contributed by atoms with E-state index in [2.05, 4.69) is 21.8 Å². The highest BCUT2D eigenvalue weighted by Gasteiger charge is 2.44. The SMILES string of the molecule is CN1CCN(Cc2cnc3c(c2)CN(C(=O)C(F)(F)F)C3)CC1. The number of nitrogens with zero attached hydrogens (tertiary/aromatic N) is 4. The molecule has 5 nitrogen and oxygen atoms in total. The number of piperazine rings is 1. The first-order valence-electron chi connectivity index (χ1n) is 7.56. The summed E-state index contributed by atoms with van der Waals surface area (Å²) in [5.41, 5.74) is 2.26. The molecule has 0 N–H and O–H groups in total. The molecule has 8 heteroatoms. The van der Waals surface area contributed by atoms with Crippen LogP contribution in [0.15, 0.2) is 12.3 Å². The van der Waals surface area contributed by atoms with Crippen LogP contribution in [0.5, 0.6) is 0 Å². The maximum atomic E-state index is 12.5. The molecule has 1 aromatic heterocycles. The Morgan fingerprint density at radius 1 is 1.22 bits per heavy atom. The number of halogens is 3. The van der Waals surface area contributed by atoms with Crippen LogP contribution in [0.25, 0.3) is 0 Å². The molecule has 0 unspecified atom stereocenters. The summed E-state index contributed by atoms with van der Waals surface area (Å²) >= 11 is 0. The van der Waals surface area contributed by atoms with Gasteiger partial charge in [0.1, 0.15) is 0 Å². The summed E-state index contributed by atoms with van der Waals surface area (Å²) in [5, 5.41) is 0. The molecule has 0 atom stereocenters. The molecule has 0 aromatic carbocycles. The molecule has 0 bridgehead atoms. The van der Waals surface area contributed by atoms with Crippen LogP contribution >= 0.6 is 0 Å². The summed E-state index contributed by atoms with van der Waals surface area (Å²) < 4.78 is 37.6. The molecular formula is C15H19F3N4O. The standard InChI is InChI=1S/C15H19F3N4O/c1-20-2-4-21(5-3-20)8-11-6-12-9-22(10-13(12)19-7-11)14(23)15(16,17)18/h6-7H,2-5,8-10H2,1H3. The lowest BCUT2D eigenvalue weighted by Crippen LogP contribution is -2.43. The molecular weight excluding hydrogens is 309 g/mol. The van der Waals surface area contributed by atoms with Gasteiger partial charge in [0, 0.05) is 45.5 Å². The van der Waals surface area contributed by atoms with E-state index in [-0.39, 0.29) is 13.1 Å². The minimum atomic E-state index is -4.83. The lowest BCUT2D eigenvalue weighted by atomic mass is 10.1. The van der Waals surface area contributed by atoms with Crippen LogP contribution in [-0.2, 0) is 24.4 Å². The number of likely N-dealkylation sites (N-methyl/N-ethyl adjacent to an activating group) is 1. The summed E-state index contributed by atoms with van der Waals surface area (Å²) in [6.45, 7) is 4.60. The van der Waals surface area contributed by atoms with E-state index in [4.69, 9.17) is 0 Å². The summed E-state index contributed by atoms with van der Waals surface area (Å²) in [6, 6.07) is 1.88. The Morgan fingerprint density at radius 3 is 2.57 bits per heavy atom. The summed E-state index contributed by atoms with van der Waals surface area (Å²) in [7, 11) is 2.08. The maximum absolute atomic E-state index is 12.5. The Morgan fingerprint density at radius 2 is 1.91 bits per heavy atom. The molecule has 1 fully saturated rings. The number of alkyl halides is 3. The first kappa shape index (κ1) is 16.2. The highest BCUT2D eigenvalue weighted by atomic mass is 19.4. The number of pyridine rings is 1. The lowest BCUT2D eigenvalue weighted by molar-refractivity contribution is -0.186. The van der Waals surface area contributed by atoms with Crippen molar-refractivity contribution in [1.82, 2.24) is 19.7 Å². The Labute approximate surface area is 132 Å². The Kier molecular flexibility index (Phi) is 4.29. The molecule has 2 aliphatic rings. The average molecular weight is 328 g/mol. The zero-order valence-corrected chi connectivity index (χ0v) is 12.9. The predicted molar refractivity (Wildman–Crippen MR) is 77.3 cm³/mol. The Bertz CT molecular complexity index is 597. The van der Waals surface area contributed by atoms with Crippen LogP contribution in [0.3, 0.4) is 0 Å². The Balaban J connectivity index is 1.65. The van der Waals surface area contributed by atoms with E-state index < -0.39 is 12.1 Å². The van der Waals surface area contributed by atoms with Crippen LogP contribution in [0.2, 0.25) is 0 Å². The number of hydrogen-bond donors (Lipinski definition) is 0. The lowest BCUT2D eigenvalue weighted by Gasteiger charge is -2.32. The third-order valence-corrected chi connectivity index (χ3v) is 4.35. The van der Waals surface area contributed by atoms with Gasteiger partial charge in [0.25, 0.3) is 0 Å². The van der Waals surface area contributed by atoms with Gasteiger partial charge < -0.3 is 9.80 Å². The van der Waals surface area contributed by atoms with Crippen LogP contribution in [0.1, 0.15) is 16.8 Å². The van der Waals surface area contributed by atoms with E-state index >= 15 is 0 Å². The highest BCUT2D eigenvalue weighted by Crippen LogP contribution is 2.27. The average Bonchev–Trinajstić information content (AvgIpc) is 2.91. The normalized spacial score (nSPS) is 19.9. The zero-order valence-electron chi connectivity index (χ0n) is 12.9. The van der Waals surface area contributed by atoms with E-state index in [9.17, 15) is 18.0 Å². The second-order valence-electron chi connectivity index (χ2n) is 6.19. The maximum Gasteiger partial charge on any atom is 0.471 e. The monoisotopic (exact) mass is 328 g/mol. The van der Waals surface area contributed by atoms with E-state index in [0.29, 0.717) is 11.3 Å². The van der Waals surface area contributed by atoms with Crippen LogP contribution in [0, 0.1) is 0 Å². The van der Waals surface area contributed by atoms with E-state index in [0.717, 1.165) is 43.2 Å². The van der Waals surface area contributed by atoms with Gasteiger partial charge in [0.05, 0.1) is 12.2 Å². The number of hydrogen-bond acceptors (Lipinski definition) is 4. The number of rotatable bonds is 2. The highest BCUT2D eigenvalue weighted by molar-refractivity contribution is 5.82. The smallest absolute Gasteiger partial charge is 0.325 e. The number of carbonyl (C=O) groups is 1. The Hall–Kier alpha value is -1.67. The van der Waals surface area contributed by atoms with Gasteiger partial charge in [0.15, 0.2) is 0 Å². The summed E-state index contributed by atoms with van der Waals surface area (Å²) in [6.07, 6.45) is -3.12. The molecule has 23 heavy (non-hydrogen) atoms. The number of fused-ring (bicyclic) bond motifs is 1. The topological polar surface area (TPSA) is 39.7 Å². The van der Waals surface area contributed by atoms with Crippen molar-refractivity contribution in [3.8, 4) is 0 Å². The van der Waals surface area contributed by atoms with E-state index in [1.54, 1.807) is 6.20 Å². The van der Waals surface area contributed by atoms with Crippen molar-refractivity contribution < 1.29 is 18.0 Å². The molecule has 1 amide bonds. The molecule has 0 spiro atoms. The molecule has 1 aromatic rings. The molecule has 0 radical (unpaired) electrons. The van der Waals surface area contributed by atoms with Crippen molar-refractivity contribution >= 4 is 5.91 Å². The van der Waals surface area contributed by atoms with Crippen molar-refractivity contribution in [1.29, 1.82) is 0 Å². The predicted octanol–water partition coefficient (Wildman–Crippen LogP) is 1.23. The molecule has 2 aliphatic heterocycles. The van der Waals surface area contributed by atoms with Crippen LogP contribution in [-0.4, -0.2) is 65.0 Å². The number of carbonyl (C=O) groups excluding carboxylic acids is 1. The largest absolute Gasteiger partial charge is 0.471 e. The van der Waals surface area contributed by atoms with Crippen molar-refractivity contribution in [2.24, 2.45) is 0 Å². The molecule has 0 saturated carbocycles. The van der Waals surface area contributed by atoms with Crippen LogP contribution < -0.4 is 0 Å². The number of amides is 1. The van der Waals surface area contributed by atoms with E-state index in [1.807, 2.05) is 6.07 Å². The zero-order chi connectivity index (χ0) is 16.6. The van der Waals surface area contributed by atoms with Crippen molar-refractivity contribution in [2.45, 2.75) is 25.8 Å². The third-order valence-electron chi connectivity index (χ3n) is 4.35. The fraction of sp³-hybridized carbons (Fsp3) is 0.600. The van der Waals surface area contributed by atoms with Gasteiger partial charge in [-0.05, 0) is 24.2 Å². The first-order chi connectivity index (χ1) is 10.8. The third kappa shape index (κ3) is 3.64. The van der Waals surface area contributed by atoms with Gasteiger partial charge >= 0.3 is 12.1 Å². The van der Waals surface area contributed by atoms with Gasteiger partial charge in [-0.1, -0.05) is 0 Å².